The fraction of sp³-hybridized carbons (Fsp3) is 0.545. The van der Waals surface area contributed by atoms with Crippen LogP contribution in [0, 0.1) is 12.8 Å². The van der Waals surface area contributed by atoms with Crippen molar-refractivity contribution in [1.82, 2.24) is 15.6 Å². The number of anilines is 1. The molecule has 1 heterocycles. The number of hydrogen-bond donors (Lipinski definition) is 3. The summed E-state index contributed by atoms with van der Waals surface area (Å²) in [5, 5.41) is 5.81. The van der Waals surface area contributed by atoms with E-state index >= 15 is 0 Å². The summed E-state index contributed by atoms with van der Waals surface area (Å²) in [6.45, 7) is 6.17. The molecule has 1 rings (SSSR count). The number of carbonyl (C=O) groups is 2. The highest BCUT2D eigenvalue weighted by Crippen LogP contribution is 2.18. The van der Waals surface area contributed by atoms with Crippen LogP contribution in [0.15, 0.2) is 0 Å². The zero-order valence-corrected chi connectivity index (χ0v) is 11.6. The zero-order chi connectivity index (χ0) is 13.7. The number of thiazole rings is 1. The third-order valence-corrected chi connectivity index (χ3v) is 3.24. The molecule has 0 aromatic carbocycles. The minimum absolute atomic E-state index is 0.0255. The van der Waals surface area contributed by atoms with Gasteiger partial charge >= 0.3 is 0 Å². The van der Waals surface area contributed by atoms with E-state index in [9.17, 15) is 9.59 Å². The third kappa shape index (κ3) is 3.99. The molecular formula is C11H18N4O2S. The van der Waals surface area contributed by atoms with Crippen molar-refractivity contribution in [3.63, 3.8) is 0 Å². The van der Waals surface area contributed by atoms with Crippen molar-refractivity contribution >= 4 is 28.3 Å². The van der Waals surface area contributed by atoms with Gasteiger partial charge in [-0.3, -0.25) is 9.59 Å². The molecule has 0 radical (unpaired) electrons. The number of carbonyl (C=O) groups excluding carboxylic acids is 2. The number of amides is 2. The molecule has 0 spiro atoms. The SMILES string of the molecule is Cc1nc(N)sc1C(=O)NCCNC(=O)C(C)C. The Hall–Kier alpha value is -1.63. The quantitative estimate of drug-likeness (QED) is 0.680. The Balaban J connectivity index is 2.34. The summed E-state index contributed by atoms with van der Waals surface area (Å²) in [5.41, 5.74) is 6.14. The van der Waals surface area contributed by atoms with E-state index < -0.39 is 0 Å². The number of nitrogens with zero attached hydrogens (tertiary/aromatic N) is 1. The van der Waals surface area contributed by atoms with Gasteiger partial charge in [0.2, 0.25) is 5.91 Å². The minimum Gasteiger partial charge on any atom is -0.375 e. The number of rotatable bonds is 5. The molecule has 0 saturated carbocycles. The standard InChI is InChI=1S/C11H18N4O2S/c1-6(2)9(16)13-4-5-14-10(17)8-7(3)15-11(12)18-8/h6H,4-5H2,1-3H3,(H2,12,15)(H,13,16)(H,14,17). The Morgan fingerprint density at radius 3 is 2.44 bits per heavy atom. The summed E-state index contributed by atoms with van der Waals surface area (Å²) in [5.74, 6) is -0.285. The average molecular weight is 270 g/mol. The molecule has 4 N–H and O–H groups in total. The summed E-state index contributed by atoms with van der Waals surface area (Å²) in [6.07, 6.45) is 0. The fourth-order valence-corrected chi connectivity index (χ4v) is 2.02. The predicted octanol–water partition coefficient (Wildman–Crippen LogP) is 0.536. The number of aryl methyl sites for hydroxylation is 1. The van der Waals surface area contributed by atoms with Crippen LogP contribution in [0.4, 0.5) is 5.13 Å². The third-order valence-electron chi connectivity index (χ3n) is 2.25. The van der Waals surface area contributed by atoms with Crippen molar-refractivity contribution in [3.8, 4) is 0 Å². The van der Waals surface area contributed by atoms with Gasteiger partial charge in [0.1, 0.15) is 4.88 Å². The van der Waals surface area contributed by atoms with E-state index in [0.29, 0.717) is 28.8 Å². The van der Waals surface area contributed by atoms with Crippen LogP contribution in [0.1, 0.15) is 29.2 Å². The molecule has 1 aromatic rings. The Bertz CT molecular complexity index is 442. The molecule has 0 aliphatic rings. The maximum Gasteiger partial charge on any atom is 0.263 e. The zero-order valence-electron chi connectivity index (χ0n) is 10.7. The average Bonchev–Trinajstić information content (AvgIpc) is 2.63. The van der Waals surface area contributed by atoms with E-state index in [0.717, 1.165) is 11.3 Å². The molecule has 0 aliphatic heterocycles. The monoisotopic (exact) mass is 270 g/mol. The second-order valence-corrected chi connectivity index (χ2v) is 5.20. The first kappa shape index (κ1) is 14.4. The van der Waals surface area contributed by atoms with Crippen LogP contribution >= 0.6 is 11.3 Å². The molecule has 100 valence electrons. The second kappa shape index (κ2) is 6.34. The molecule has 7 heteroatoms. The van der Waals surface area contributed by atoms with Crippen molar-refractivity contribution < 1.29 is 9.59 Å². The van der Waals surface area contributed by atoms with Crippen molar-refractivity contribution in [2.75, 3.05) is 18.8 Å². The van der Waals surface area contributed by atoms with E-state index in [2.05, 4.69) is 15.6 Å². The first-order chi connectivity index (χ1) is 8.41. The van der Waals surface area contributed by atoms with E-state index in [4.69, 9.17) is 5.73 Å². The fourth-order valence-electron chi connectivity index (χ4n) is 1.27. The van der Waals surface area contributed by atoms with Gasteiger partial charge in [0.25, 0.3) is 5.91 Å². The van der Waals surface area contributed by atoms with E-state index in [1.54, 1.807) is 6.92 Å². The second-order valence-electron chi connectivity index (χ2n) is 4.17. The Morgan fingerprint density at radius 1 is 1.33 bits per heavy atom. The van der Waals surface area contributed by atoms with Crippen LogP contribution in [0.2, 0.25) is 0 Å². The van der Waals surface area contributed by atoms with Gasteiger partial charge < -0.3 is 16.4 Å². The molecule has 6 nitrogen and oxygen atoms in total. The maximum atomic E-state index is 11.7. The summed E-state index contributed by atoms with van der Waals surface area (Å²) in [7, 11) is 0. The first-order valence-electron chi connectivity index (χ1n) is 5.70. The highest BCUT2D eigenvalue weighted by Gasteiger charge is 2.13. The van der Waals surface area contributed by atoms with Gasteiger partial charge in [-0.25, -0.2) is 4.98 Å². The van der Waals surface area contributed by atoms with Gasteiger partial charge in [-0.2, -0.15) is 0 Å². The number of nitrogen functional groups attached to an aromatic ring is 1. The normalized spacial score (nSPS) is 10.4. The lowest BCUT2D eigenvalue weighted by atomic mass is 10.2. The van der Waals surface area contributed by atoms with Crippen molar-refractivity contribution in [2.45, 2.75) is 20.8 Å². The Labute approximate surface area is 110 Å². The van der Waals surface area contributed by atoms with E-state index in [1.165, 1.54) is 0 Å². The van der Waals surface area contributed by atoms with Gasteiger partial charge in [0.05, 0.1) is 5.69 Å². The molecule has 0 bridgehead atoms. The van der Waals surface area contributed by atoms with Crippen LogP contribution in [-0.4, -0.2) is 29.9 Å². The van der Waals surface area contributed by atoms with Crippen LogP contribution < -0.4 is 16.4 Å². The molecule has 1 aromatic heterocycles. The van der Waals surface area contributed by atoms with Crippen molar-refractivity contribution in [2.24, 2.45) is 5.92 Å². The highest BCUT2D eigenvalue weighted by molar-refractivity contribution is 7.17. The Morgan fingerprint density at radius 2 is 1.94 bits per heavy atom. The summed E-state index contributed by atoms with van der Waals surface area (Å²) >= 11 is 1.16. The van der Waals surface area contributed by atoms with Crippen molar-refractivity contribution in [1.29, 1.82) is 0 Å². The van der Waals surface area contributed by atoms with Crippen LogP contribution in [0.3, 0.4) is 0 Å². The van der Waals surface area contributed by atoms with Crippen molar-refractivity contribution in [3.05, 3.63) is 10.6 Å². The molecular weight excluding hydrogens is 252 g/mol. The highest BCUT2D eigenvalue weighted by atomic mass is 32.1. The molecule has 0 atom stereocenters. The van der Waals surface area contributed by atoms with Gasteiger partial charge in [-0.1, -0.05) is 25.2 Å². The summed E-state index contributed by atoms with van der Waals surface area (Å²) in [6, 6.07) is 0. The van der Waals surface area contributed by atoms with Gasteiger partial charge in [-0.05, 0) is 6.92 Å². The largest absolute Gasteiger partial charge is 0.375 e. The lowest BCUT2D eigenvalue weighted by Crippen LogP contribution is -2.36. The number of nitrogens with two attached hydrogens (primary N) is 1. The minimum atomic E-state index is -0.208. The molecule has 2 amide bonds. The molecule has 0 saturated heterocycles. The topological polar surface area (TPSA) is 97.1 Å². The molecule has 0 unspecified atom stereocenters. The van der Waals surface area contributed by atoms with Gasteiger partial charge in [0, 0.05) is 19.0 Å². The van der Waals surface area contributed by atoms with E-state index in [-0.39, 0.29) is 17.7 Å². The predicted molar refractivity (Wildman–Crippen MR) is 71.4 cm³/mol. The first-order valence-corrected chi connectivity index (χ1v) is 6.52. The maximum absolute atomic E-state index is 11.7. The summed E-state index contributed by atoms with van der Waals surface area (Å²) < 4.78 is 0. The van der Waals surface area contributed by atoms with Gasteiger partial charge in [0.15, 0.2) is 5.13 Å². The lowest BCUT2D eigenvalue weighted by molar-refractivity contribution is -0.123. The molecule has 0 fully saturated rings. The van der Waals surface area contributed by atoms with Crippen LogP contribution in [0.25, 0.3) is 0 Å². The van der Waals surface area contributed by atoms with Crippen LogP contribution in [0.5, 0.6) is 0 Å². The van der Waals surface area contributed by atoms with E-state index in [1.807, 2.05) is 13.8 Å². The lowest BCUT2D eigenvalue weighted by Gasteiger charge is -2.08. The van der Waals surface area contributed by atoms with Gasteiger partial charge in [-0.15, -0.1) is 0 Å². The number of nitrogens with one attached hydrogen (secondary N) is 2. The molecule has 0 aliphatic carbocycles. The Kier molecular flexibility index (Phi) is 5.08. The molecule has 18 heavy (non-hydrogen) atoms. The number of aromatic nitrogens is 1. The number of hydrogen-bond acceptors (Lipinski definition) is 5. The van der Waals surface area contributed by atoms with Crippen LogP contribution in [-0.2, 0) is 4.79 Å². The smallest absolute Gasteiger partial charge is 0.263 e. The summed E-state index contributed by atoms with van der Waals surface area (Å²) in [4.78, 5) is 27.5.